The molecule has 0 spiro atoms. The molecule has 77 heavy (non-hydrogen) atoms. The van der Waals surface area contributed by atoms with Crippen LogP contribution in [0.5, 0.6) is 0 Å². The summed E-state index contributed by atoms with van der Waals surface area (Å²) in [5, 5.41) is 0. The molecule has 0 radical (unpaired) electrons. The number of quaternary nitrogens is 1. The second-order valence-corrected chi connectivity index (χ2v) is 25.7. The van der Waals surface area contributed by atoms with Crippen LogP contribution in [0.1, 0.15) is 341 Å². The number of carbonyl (C=O) groups is 2. The van der Waals surface area contributed by atoms with Gasteiger partial charge in [0.2, 0.25) is 0 Å². The van der Waals surface area contributed by atoms with Crippen LogP contribution in [-0.4, -0.2) is 74.9 Å². The minimum atomic E-state index is -4.39. The second kappa shape index (κ2) is 59.1. The van der Waals surface area contributed by atoms with E-state index in [0.717, 1.165) is 57.8 Å². The van der Waals surface area contributed by atoms with E-state index < -0.39 is 26.5 Å². The lowest BCUT2D eigenvalue weighted by molar-refractivity contribution is -0.870. The molecule has 0 saturated heterocycles. The van der Waals surface area contributed by atoms with Crippen molar-refractivity contribution in [1.82, 2.24) is 0 Å². The van der Waals surface area contributed by atoms with Crippen molar-refractivity contribution in [2.24, 2.45) is 0 Å². The van der Waals surface area contributed by atoms with E-state index in [0.29, 0.717) is 23.9 Å². The molecule has 0 bridgehead atoms. The molecule has 10 heteroatoms. The molecule has 2 atom stereocenters. The molecule has 0 saturated carbocycles. The minimum absolute atomic E-state index is 0.0311. The van der Waals surface area contributed by atoms with E-state index in [9.17, 15) is 19.0 Å². The smallest absolute Gasteiger partial charge is 0.462 e. The van der Waals surface area contributed by atoms with Crippen molar-refractivity contribution in [3.8, 4) is 0 Å². The monoisotopic (exact) mass is 1110 g/mol. The zero-order valence-corrected chi connectivity index (χ0v) is 52.9. The molecule has 0 heterocycles. The number of unbranched alkanes of at least 4 members (excludes halogenated alkanes) is 45. The molecular formula is C67H131NO8P+. The van der Waals surface area contributed by atoms with Crippen molar-refractivity contribution >= 4 is 19.8 Å². The highest BCUT2D eigenvalue weighted by atomic mass is 31.2. The molecule has 0 aliphatic rings. The van der Waals surface area contributed by atoms with Crippen LogP contribution in [0.25, 0.3) is 0 Å². The number of carbonyl (C=O) groups excluding carboxylic acids is 2. The number of phosphoric ester groups is 1. The molecule has 0 aromatic heterocycles. The van der Waals surface area contributed by atoms with E-state index in [1.807, 2.05) is 21.1 Å². The fourth-order valence-corrected chi connectivity index (χ4v) is 10.8. The molecule has 2 unspecified atom stereocenters. The fraction of sp³-hybridized carbons (Fsp3) is 0.910. The maximum Gasteiger partial charge on any atom is 0.472 e. The third-order valence-corrected chi connectivity index (χ3v) is 16.2. The summed E-state index contributed by atoms with van der Waals surface area (Å²) in [6, 6.07) is 0. The second-order valence-electron chi connectivity index (χ2n) is 24.2. The molecule has 0 aromatic carbocycles. The number of phosphoric acid groups is 1. The highest BCUT2D eigenvalue weighted by Crippen LogP contribution is 2.43. The predicted octanol–water partition coefficient (Wildman–Crippen LogP) is 21.3. The fourth-order valence-electron chi connectivity index (χ4n) is 10.1. The summed E-state index contributed by atoms with van der Waals surface area (Å²) < 4.78 is 34.6. The molecule has 0 aromatic rings. The lowest BCUT2D eigenvalue weighted by Crippen LogP contribution is -2.37. The standard InChI is InChI=1S/C67H130NO8P/c1-6-8-10-12-14-16-18-20-22-23-24-25-26-27-28-29-30-31-32-33-34-35-36-37-38-39-40-41-42-43-44-46-47-49-51-53-55-57-59-66(69)73-63-65(64-75-77(71,72)74-62-61-68(3,4)5)76-67(70)60-58-56-54-52-50-48-45-21-19-17-15-13-11-9-7-2/h15,17,21,45,65H,6-14,16,18-20,22-44,46-64H2,1-5H3/p+1/b17-15-,45-21-. The summed E-state index contributed by atoms with van der Waals surface area (Å²) in [4.78, 5) is 35.7. The third kappa shape index (κ3) is 63.5. The van der Waals surface area contributed by atoms with E-state index >= 15 is 0 Å². The van der Waals surface area contributed by atoms with Crippen LogP contribution in [0.2, 0.25) is 0 Å². The number of esters is 2. The molecule has 0 aliphatic heterocycles. The molecule has 9 nitrogen and oxygen atoms in total. The van der Waals surface area contributed by atoms with Crippen molar-refractivity contribution < 1.29 is 42.1 Å². The van der Waals surface area contributed by atoms with Crippen LogP contribution in [-0.2, 0) is 32.7 Å². The van der Waals surface area contributed by atoms with Gasteiger partial charge in [-0.15, -0.1) is 0 Å². The Balaban J connectivity index is 3.85. The molecule has 0 rings (SSSR count). The van der Waals surface area contributed by atoms with Crippen LogP contribution in [0, 0.1) is 0 Å². The summed E-state index contributed by atoms with van der Waals surface area (Å²) in [6.45, 7) is 4.44. The van der Waals surface area contributed by atoms with Crippen molar-refractivity contribution in [3.05, 3.63) is 24.3 Å². The van der Waals surface area contributed by atoms with Gasteiger partial charge in [-0.05, 0) is 44.9 Å². The van der Waals surface area contributed by atoms with Gasteiger partial charge in [0.25, 0.3) is 0 Å². The van der Waals surface area contributed by atoms with Gasteiger partial charge >= 0.3 is 19.8 Å². The zero-order valence-electron chi connectivity index (χ0n) is 52.0. The Bertz CT molecular complexity index is 1350. The van der Waals surface area contributed by atoms with Gasteiger partial charge in [-0.25, -0.2) is 4.57 Å². The quantitative estimate of drug-likeness (QED) is 0.0211. The van der Waals surface area contributed by atoms with Gasteiger partial charge in [0.1, 0.15) is 19.8 Å². The normalized spacial score (nSPS) is 13.3. The Hall–Kier alpha value is -1.51. The molecule has 0 aliphatic carbocycles. The first-order valence-corrected chi connectivity index (χ1v) is 35.1. The van der Waals surface area contributed by atoms with E-state index in [2.05, 4.69) is 38.2 Å². The van der Waals surface area contributed by atoms with Crippen LogP contribution in [0.15, 0.2) is 24.3 Å². The topological polar surface area (TPSA) is 108 Å². The first-order valence-electron chi connectivity index (χ1n) is 33.6. The Labute approximate surface area is 479 Å². The lowest BCUT2D eigenvalue weighted by Gasteiger charge is -2.24. The molecule has 1 N–H and O–H groups in total. The Morgan fingerprint density at radius 1 is 0.403 bits per heavy atom. The van der Waals surface area contributed by atoms with Crippen LogP contribution >= 0.6 is 7.82 Å². The molecule has 0 fully saturated rings. The van der Waals surface area contributed by atoms with Crippen molar-refractivity contribution in [3.63, 3.8) is 0 Å². The van der Waals surface area contributed by atoms with Gasteiger partial charge in [-0.1, -0.05) is 308 Å². The number of allylic oxidation sites excluding steroid dienone is 4. The van der Waals surface area contributed by atoms with Gasteiger partial charge in [0.15, 0.2) is 6.10 Å². The molecule has 0 amide bonds. The Morgan fingerprint density at radius 2 is 0.701 bits per heavy atom. The van der Waals surface area contributed by atoms with E-state index in [4.69, 9.17) is 18.5 Å². The van der Waals surface area contributed by atoms with Gasteiger partial charge in [0.05, 0.1) is 27.7 Å². The third-order valence-electron chi connectivity index (χ3n) is 15.2. The summed E-state index contributed by atoms with van der Waals surface area (Å²) in [5.74, 6) is -0.798. The first kappa shape index (κ1) is 75.5. The maximum atomic E-state index is 12.8. The van der Waals surface area contributed by atoms with Crippen LogP contribution < -0.4 is 0 Å². The predicted molar refractivity (Wildman–Crippen MR) is 331 cm³/mol. The van der Waals surface area contributed by atoms with Crippen molar-refractivity contribution in [2.75, 3.05) is 47.5 Å². The highest BCUT2D eigenvalue weighted by Gasteiger charge is 2.27. The zero-order chi connectivity index (χ0) is 56.3. The molecular weight excluding hydrogens is 978 g/mol. The first-order chi connectivity index (χ1) is 37.5. The number of rotatable bonds is 63. The summed E-state index contributed by atoms with van der Waals surface area (Å²) >= 11 is 0. The van der Waals surface area contributed by atoms with E-state index in [-0.39, 0.29) is 25.6 Å². The largest absolute Gasteiger partial charge is 0.472 e. The molecule has 456 valence electrons. The summed E-state index contributed by atoms with van der Waals surface area (Å²) in [6.07, 6.45) is 73.1. The number of hydrogen-bond donors (Lipinski definition) is 1. The number of likely N-dealkylation sites (N-methyl/N-ethyl adjacent to an activating group) is 1. The van der Waals surface area contributed by atoms with Crippen molar-refractivity contribution in [1.29, 1.82) is 0 Å². The maximum absolute atomic E-state index is 12.8. The number of nitrogens with zero attached hydrogens (tertiary/aromatic N) is 1. The van der Waals surface area contributed by atoms with Gasteiger partial charge < -0.3 is 18.9 Å². The van der Waals surface area contributed by atoms with E-state index in [1.165, 1.54) is 250 Å². The van der Waals surface area contributed by atoms with Gasteiger partial charge in [-0.3, -0.25) is 18.6 Å². The Kier molecular flexibility index (Phi) is 58.0. The summed E-state index contributed by atoms with van der Waals surface area (Å²) in [7, 11) is 1.48. The highest BCUT2D eigenvalue weighted by molar-refractivity contribution is 7.47. The number of ether oxygens (including phenoxy) is 2. The van der Waals surface area contributed by atoms with Crippen LogP contribution in [0.3, 0.4) is 0 Å². The minimum Gasteiger partial charge on any atom is -0.462 e. The van der Waals surface area contributed by atoms with Gasteiger partial charge in [0, 0.05) is 12.8 Å². The van der Waals surface area contributed by atoms with Crippen molar-refractivity contribution in [2.45, 2.75) is 347 Å². The summed E-state index contributed by atoms with van der Waals surface area (Å²) in [5.41, 5.74) is 0. The average Bonchev–Trinajstić information content (AvgIpc) is 3.39. The number of hydrogen-bond acceptors (Lipinski definition) is 7. The van der Waals surface area contributed by atoms with Crippen LogP contribution in [0.4, 0.5) is 0 Å². The Morgan fingerprint density at radius 3 is 1.05 bits per heavy atom. The lowest BCUT2D eigenvalue weighted by atomic mass is 10.0. The van der Waals surface area contributed by atoms with Gasteiger partial charge in [-0.2, -0.15) is 0 Å². The average molecular weight is 1110 g/mol. The SMILES string of the molecule is CCCCC/C=C\C/C=C\CCCCCCCC(=O)OC(COC(=O)CCCCCCCCCCCCCCCCCCCCCCCCCCCCCCCCCCCCCCCC)COP(=O)(O)OCC[N+](C)(C)C. The van der Waals surface area contributed by atoms with E-state index in [1.54, 1.807) is 0 Å².